The van der Waals surface area contributed by atoms with E-state index in [-0.39, 0.29) is 30.7 Å². The Kier molecular flexibility index (Phi) is 14.3. The number of imidazole rings is 1. The van der Waals surface area contributed by atoms with Crippen LogP contribution in [0.3, 0.4) is 0 Å². The van der Waals surface area contributed by atoms with Crippen LogP contribution in [-0.2, 0) is 26.3 Å². The van der Waals surface area contributed by atoms with Gasteiger partial charge in [-0.25, -0.2) is 9.78 Å². The van der Waals surface area contributed by atoms with E-state index in [1.54, 1.807) is 33.9 Å². The van der Waals surface area contributed by atoms with Crippen LogP contribution in [0.1, 0.15) is 104 Å². The van der Waals surface area contributed by atoms with E-state index in [0.29, 0.717) is 25.2 Å². The van der Waals surface area contributed by atoms with Crippen molar-refractivity contribution >= 4 is 17.9 Å². The Morgan fingerprint density at radius 3 is 2.30 bits per heavy atom. The summed E-state index contributed by atoms with van der Waals surface area (Å²) < 4.78 is 5.45. The van der Waals surface area contributed by atoms with Crippen LogP contribution in [0, 0.1) is 17.8 Å². The Morgan fingerprint density at radius 1 is 1.04 bits per heavy atom. The van der Waals surface area contributed by atoms with Gasteiger partial charge in [-0.1, -0.05) is 76.3 Å². The van der Waals surface area contributed by atoms with Crippen LogP contribution in [0.2, 0.25) is 0 Å². The minimum Gasteiger partial charge on any atom is -0.444 e. The van der Waals surface area contributed by atoms with E-state index in [1.807, 2.05) is 30.3 Å². The number of carbonyl (C=O) groups excluding carboxylic acids is 3. The zero-order valence-electron chi connectivity index (χ0n) is 29.1. The van der Waals surface area contributed by atoms with Gasteiger partial charge >= 0.3 is 6.09 Å². The lowest BCUT2D eigenvalue weighted by atomic mass is 9.80. The van der Waals surface area contributed by atoms with Gasteiger partial charge in [0.1, 0.15) is 17.5 Å². The van der Waals surface area contributed by atoms with E-state index < -0.39 is 47.2 Å². The van der Waals surface area contributed by atoms with Gasteiger partial charge in [-0.15, -0.1) is 0 Å². The average Bonchev–Trinajstić information content (AvgIpc) is 3.56. The number of H-pyrrole nitrogens is 1. The first kappa shape index (κ1) is 38.0. The summed E-state index contributed by atoms with van der Waals surface area (Å²) in [6, 6.07) is 7.63. The van der Waals surface area contributed by atoms with Gasteiger partial charge < -0.3 is 35.9 Å². The summed E-state index contributed by atoms with van der Waals surface area (Å²) in [6.07, 6.45) is 8.72. The molecule has 0 radical (unpaired) electrons. The van der Waals surface area contributed by atoms with Crippen LogP contribution < -0.4 is 16.0 Å². The highest BCUT2D eigenvalue weighted by Crippen LogP contribution is 2.31. The molecule has 6 N–H and O–H groups in total. The lowest BCUT2D eigenvalue weighted by molar-refractivity contribution is -0.135. The molecular formula is C36H57N5O6. The van der Waals surface area contributed by atoms with Crippen molar-refractivity contribution < 1.29 is 29.3 Å². The number of carbonyl (C=O) groups is 3. The predicted octanol–water partition coefficient (Wildman–Crippen LogP) is 4.74. The molecule has 1 fully saturated rings. The number of alkyl carbamates (subject to hydrolysis) is 1. The van der Waals surface area contributed by atoms with Gasteiger partial charge in [-0.2, -0.15) is 0 Å². The lowest BCUT2D eigenvalue weighted by Gasteiger charge is -2.36. The molecule has 5 atom stereocenters. The minimum atomic E-state index is -1.67. The third-order valence-corrected chi connectivity index (χ3v) is 9.17. The minimum absolute atomic E-state index is 0.0271. The number of nitrogens with zero attached hydrogens (tertiary/aromatic N) is 1. The maximum atomic E-state index is 14.3. The standard InChI is InChI=1S/C36H57N5O6/c1-24(2)27(17-20-42)23-30(43)28(21-25-13-9-7-10-14-25)39-33(45)36(6,32-37-18-19-38-32)41-31(44)29(22-26-15-11-8-12-16-26)40-34(46)47-35(3,4)5/h8,11-12,15-16,18-19,24-25,27-30,42-43H,7,9-10,13-14,17,20-23H2,1-6H3,(H,37,38)(H,39,45)(H,40,46)(H,41,44)/t27-,28-,29-,30-,36-/m0/s1. The molecule has 11 heteroatoms. The van der Waals surface area contributed by atoms with Crippen LogP contribution in [0.5, 0.6) is 0 Å². The quantitative estimate of drug-likeness (QED) is 0.152. The number of hydrogen-bond acceptors (Lipinski definition) is 7. The fourth-order valence-electron chi connectivity index (χ4n) is 6.38. The van der Waals surface area contributed by atoms with E-state index in [0.717, 1.165) is 31.2 Å². The van der Waals surface area contributed by atoms with E-state index in [9.17, 15) is 24.6 Å². The number of benzene rings is 1. The molecule has 1 aromatic heterocycles. The number of aliphatic hydroxyl groups excluding tert-OH is 2. The molecule has 2 aromatic rings. The molecule has 1 aliphatic carbocycles. The van der Waals surface area contributed by atoms with Crippen molar-refractivity contribution in [1.82, 2.24) is 25.9 Å². The number of amides is 3. The van der Waals surface area contributed by atoms with Gasteiger partial charge in [0.05, 0.1) is 12.1 Å². The molecule has 1 aliphatic rings. The molecule has 0 aliphatic heterocycles. The molecule has 1 aromatic carbocycles. The van der Waals surface area contributed by atoms with Gasteiger partial charge in [0.2, 0.25) is 5.91 Å². The van der Waals surface area contributed by atoms with Crippen molar-refractivity contribution in [2.24, 2.45) is 17.8 Å². The van der Waals surface area contributed by atoms with Gasteiger partial charge in [0, 0.05) is 25.4 Å². The third-order valence-electron chi connectivity index (χ3n) is 9.17. The molecule has 3 amide bonds. The first-order valence-electron chi connectivity index (χ1n) is 17.2. The van der Waals surface area contributed by atoms with Gasteiger partial charge in [0.15, 0.2) is 5.54 Å². The van der Waals surface area contributed by atoms with Gasteiger partial charge in [-0.3, -0.25) is 9.59 Å². The van der Waals surface area contributed by atoms with Crippen LogP contribution in [0.15, 0.2) is 42.7 Å². The highest BCUT2D eigenvalue weighted by molar-refractivity contribution is 5.94. The molecule has 1 saturated carbocycles. The number of hydrogen-bond donors (Lipinski definition) is 6. The van der Waals surface area contributed by atoms with Crippen molar-refractivity contribution in [3.63, 3.8) is 0 Å². The molecule has 0 saturated heterocycles. The second-order valence-corrected chi connectivity index (χ2v) is 14.6. The Bertz CT molecular complexity index is 1240. The molecule has 47 heavy (non-hydrogen) atoms. The number of aromatic amines is 1. The van der Waals surface area contributed by atoms with Crippen molar-refractivity contribution in [3.05, 3.63) is 54.1 Å². The number of rotatable bonds is 16. The molecule has 3 rings (SSSR count). The Hall–Kier alpha value is -3.44. The molecule has 11 nitrogen and oxygen atoms in total. The predicted molar refractivity (Wildman–Crippen MR) is 181 cm³/mol. The first-order valence-corrected chi connectivity index (χ1v) is 17.2. The van der Waals surface area contributed by atoms with E-state index in [1.165, 1.54) is 12.6 Å². The topological polar surface area (TPSA) is 166 Å². The fourth-order valence-corrected chi connectivity index (χ4v) is 6.38. The highest BCUT2D eigenvalue weighted by atomic mass is 16.6. The van der Waals surface area contributed by atoms with Crippen LogP contribution >= 0.6 is 0 Å². The van der Waals surface area contributed by atoms with Crippen LogP contribution in [-0.4, -0.2) is 68.5 Å². The van der Waals surface area contributed by atoms with E-state index in [4.69, 9.17) is 4.74 Å². The second kappa shape index (κ2) is 17.6. The zero-order chi connectivity index (χ0) is 34.6. The monoisotopic (exact) mass is 655 g/mol. The smallest absolute Gasteiger partial charge is 0.408 e. The maximum Gasteiger partial charge on any atom is 0.408 e. The summed E-state index contributed by atoms with van der Waals surface area (Å²) in [5.74, 6) is -0.230. The molecule has 262 valence electrons. The highest BCUT2D eigenvalue weighted by Gasteiger charge is 2.43. The number of nitrogens with one attached hydrogen (secondary N) is 4. The van der Waals surface area contributed by atoms with Crippen molar-refractivity contribution in [2.45, 2.75) is 129 Å². The average molecular weight is 656 g/mol. The normalized spacial score (nSPS) is 18.0. The molecule has 0 bridgehead atoms. The summed E-state index contributed by atoms with van der Waals surface area (Å²) in [5, 5.41) is 29.9. The van der Waals surface area contributed by atoms with Crippen molar-refractivity contribution in [1.29, 1.82) is 0 Å². The largest absolute Gasteiger partial charge is 0.444 e. The fraction of sp³-hybridized carbons (Fsp3) is 0.667. The molecule has 1 heterocycles. The van der Waals surface area contributed by atoms with E-state index >= 15 is 0 Å². The first-order chi connectivity index (χ1) is 22.2. The SMILES string of the molecule is CC(C)[C@@H](CCO)C[C@H](O)[C@H](CC1CCCCC1)NC(=O)[C@@](C)(NC(=O)[C@H](Cc1ccccc1)NC(=O)OC(C)(C)C)c1ncc[nH]1. The van der Waals surface area contributed by atoms with Gasteiger partial charge in [0.25, 0.3) is 5.91 Å². The van der Waals surface area contributed by atoms with E-state index in [2.05, 4.69) is 39.8 Å². The Morgan fingerprint density at radius 2 is 1.72 bits per heavy atom. The third kappa shape index (κ3) is 11.9. The number of aromatic nitrogens is 2. The van der Waals surface area contributed by atoms with Crippen molar-refractivity contribution in [3.8, 4) is 0 Å². The van der Waals surface area contributed by atoms with Crippen molar-refractivity contribution in [2.75, 3.05) is 6.61 Å². The summed E-state index contributed by atoms with van der Waals surface area (Å²) in [4.78, 5) is 48.5. The number of ether oxygens (including phenoxy) is 1. The summed E-state index contributed by atoms with van der Waals surface area (Å²) >= 11 is 0. The summed E-state index contributed by atoms with van der Waals surface area (Å²) in [6.45, 7) is 11.0. The Labute approximate surface area is 280 Å². The van der Waals surface area contributed by atoms with Crippen LogP contribution in [0.25, 0.3) is 0 Å². The number of aliphatic hydroxyl groups is 2. The van der Waals surface area contributed by atoms with Crippen LogP contribution in [0.4, 0.5) is 4.79 Å². The molecule has 0 unspecified atom stereocenters. The Balaban J connectivity index is 1.90. The zero-order valence-corrected chi connectivity index (χ0v) is 29.1. The maximum absolute atomic E-state index is 14.3. The molecule has 0 spiro atoms. The summed E-state index contributed by atoms with van der Waals surface area (Å²) in [7, 11) is 0. The molecular weight excluding hydrogens is 598 g/mol. The summed E-state index contributed by atoms with van der Waals surface area (Å²) in [5.41, 5.74) is -1.63. The van der Waals surface area contributed by atoms with Gasteiger partial charge in [-0.05, 0) is 70.3 Å². The lowest BCUT2D eigenvalue weighted by Crippen LogP contribution is -2.62. The second-order valence-electron chi connectivity index (χ2n) is 14.6.